The van der Waals surface area contributed by atoms with Gasteiger partial charge >= 0.3 is 0 Å². The summed E-state index contributed by atoms with van der Waals surface area (Å²) in [7, 11) is 1.61. The lowest BCUT2D eigenvalue weighted by molar-refractivity contribution is -0.113. The minimum absolute atomic E-state index is 0.0830. The van der Waals surface area contributed by atoms with E-state index >= 15 is 0 Å². The molecule has 2 aromatic carbocycles. The Hall–Kier alpha value is -2.87. The molecule has 8 heteroatoms. The van der Waals surface area contributed by atoms with Crippen LogP contribution in [0.1, 0.15) is 17.0 Å². The average Bonchev–Trinajstić information content (AvgIpc) is 3.11. The average molecular weight is 387 g/mol. The summed E-state index contributed by atoms with van der Waals surface area (Å²) >= 11 is 1.13. The Labute approximate surface area is 160 Å². The maximum atomic E-state index is 13.5. The number of aromatic nitrogens is 2. The molecule has 0 saturated heterocycles. The van der Waals surface area contributed by atoms with Crippen molar-refractivity contribution in [1.82, 2.24) is 10.2 Å². The first-order valence-corrected chi connectivity index (χ1v) is 9.16. The van der Waals surface area contributed by atoms with Crippen LogP contribution in [0.25, 0.3) is 0 Å². The number of carbonyl (C=O) groups is 1. The fourth-order valence-corrected chi connectivity index (χ4v) is 2.86. The number of hydrogen-bond donors (Lipinski definition) is 1. The summed E-state index contributed by atoms with van der Waals surface area (Å²) in [6.45, 7) is 1.66. The molecule has 0 fully saturated rings. The molecule has 0 saturated carbocycles. The Morgan fingerprint density at radius 2 is 2.00 bits per heavy atom. The Morgan fingerprint density at radius 1 is 1.22 bits per heavy atom. The highest BCUT2D eigenvalue weighted by Gasteiger charge is 2.11. The van der Waals surface area contributed by atoms with E-state index in [4.69, 9.17) is 9.15 Å². The van der Waals surface area contributed by atoms with Crippen LogP contribution >= 0.6 is 11.8 Å². The van der Waals surface area contributed by atoms with Crippen LogP contribution in [0.5, 0.6) is 5.75 Å². The second kappa shape index (κ2) is 8.68. The number of amides is 1. The lowest BCUT2D eigenvalue weighted by Crippen LogP contribution is -2.14. The molecule has 3 aromatic rings. The maximum absolute atomic E-state index is 13.5. The summed E-state index contributed by atoms with van der Waals surface area (Å²) in [6, 6.07) is 12.1. The molecular formula is C19H18FN3O3S. The molecule has 140 valence electrons. The summed E-state index contributed by atoms with van der Waals surface area (Å²) < 4.78 is 24.2. The fraction of sp³-hybridized carbons (Fsp3) is 0.211. The van der Waals surface area contributed by atoms with Gasteiger partial charge in [-0.2, -0.15) is 0 Å². The molecular weight excluding hydrogens is 369 g/mol. The Kier molecular flexibility index (Phi) is 6.08. The van der Waals surface area contributed by atoms with Crippen molar-refractivity contribution in [2.75, 3.05) is 18.2 Å². The van der Waals surface area contributed by atoms with Gasteiger partial charge < -0.3 is 14.5 Å². The van der Waals surface area contributed by atoms with Crippen molar-refractivity contribution < 1.29 is 18.3 Å². The molecule has 0 atom stereocenters. The third kappa shape index (κ3) is 5.30. The largest absolute Gasteiger partial charge is 0.497 e. The number of carbonyl (C=O) groups excluding carboxylic acids is 1. The Balaban J connectivity index is 1.51. The van der Waals surface area contributed by atoms with Crippen molar-refractivity contribution in [1.29, 1.82) is 0 Å². The predicted octanol–water partition coefficient (Wildman–Crippen LogP) is 3.85. The number of ether oxygens (including phenoxy) is 1. The van der Waals surface area contributed by atoms with Gasteiger partial charge in [-0.05, 0) is 42.3 Å². The minimum Gasteiger partial charge on any atom is -0.497 e. The topological polar surface area (TPSA) is 77.2 Å². The zero-order chi connectivity index (χ0) is 19.2. The van der Waals surface area contributed by atoms with Gasteiger partial charge in [-0.3, -0.25) is 4.79 Å². The van der Waals surface area contributed by atoms with Gasteiger partial charge in [-0.15, -0.1) is 10.2 Å². The quantitative estimate of drug-likeness (QED) is 0.621. The fourth-order valence-electron chi connectivity index (χ4n) is 2.28. The molecule has 0 radical (unpaired) electrons. The van der Waals surface area contributed by atoms with Crippen molar-refractivity contribution in [2.24, 2.45) is 0 Å². The van der Waals surface area contributed by atoms with Crippen molar-refractivity contribution in [2.45, 2.75) is 18.6 Å². The SMILES string of the molecule is COc1ccc(Cc2nnc(SCC(=O)Nc3ccc(C)c(F)c3)o2)cc1. The first-order valence-electron chi connectivity index (χ1n) is 8.17. The van der Waals surface area contributed by atoms with E-state index in [-0.39, 0.29) is 17.5 Å². The highest BCUT2D eigenvalue weighted by molar-refractivity contribution is 7.99. The number of benzene rings is 2. The van der Waals surface area contributed by atoms with Gasteiger partial charge in [0.25, 0.3) is 5.22 Å². The highest BCUT2D eigenvalue weighted by Crippen LogP contribution is 2.20. The lowest BCUT2D eigenvalue weighted by atomic mass is 10.1. The van der Waals surface area contributed by atoms with Crippen LogP contribution in [0.2, 0.25) is 0 Å². The lowest BCUT2D eigenvalue weighted by Gasteiger charge is -2.05. The van der Waals surface area contributed by atoms with Gasteiger partial charge in [-0.1, -0.05) is 30.0 Å². The van der Waals surface area contributed by atoms with Crippen molar-refractivity contribution >= 4 is 23.4 Å². The first kappa shape index (κ1) is 18.9. The number of hydrogen-bond acceptors (Lipinski definition) is 6. The summed E-state index contributed by atoms with van der Waals surface area (Å²) in [4.78, 5) is 12.0. The van der Waals surface area contributed by atoms with Gasteiger partial charge in [0.15, 0.2) is 0 Å². The molecule has 1 amide bonds. The van der Waals surface area contributed by atoms with Crippen LogP contribution in [-0.4, -0.2) is 29.0 Å². The molecule has 1 heterocycles. The minimum atomic E-state index is -0.361. The first-order chi connectivity index (χ1) is 13.0. The zero-order valence-electron chi connectivity index (χ0n) is 14.9. The highest BCUT2D eigenvalue weighted by atomic mass is 32.2. The third-order valence-electron chi connectivity index (χ3n) is 3.75. The van der Waals surface area contributed by atoms with E-state index in [1.54, 1.807) is 26.2 Å². The predicted molar refractivity (Wildman–Crippen MR) is 101 cm³/mol. The number of methoxy groups -OCH3 is 1. The summed E-state index contributed by atoms with van der Waals surface area (Å²) in [5, 5.41) is 10.9. The number of rotatable bonds is 7. The van der Waals surface area contributed by atoms with Gasteiger partial charge in [0.05, 0.1) is 19.3 Å². The van der Waals surface area contributed by atoms with Crippen LogP contribution in [0.3, 0.4) is 0 Å². The van der Waals surface area contributed by atoms with Crippen molar-refractivity contribution in [3.8, 4) is 5.75 Å². The van der Waals surface area contributed by atoms with Gasteiger partial charge in [0, 0.05) is 5.69 Å². The molecule has 0 aliphatic heterocycles. The monoisotopic (exact) mass is 387 g/mol. The van der Waals surface area contributed by atoms with E-state index in [0.717, 1.165) is 23.1 Å². The second-order valence-electron chi connectivity index (χ2n) is 5.79. The number of nitrogens with zero attached hydrogens (tertiary/aromatic N) is 2. The van der Waals surface area contributed by atoms with Crippen LogP contribution in [0.4, 0.5) is 10.1 Å². The van der Waals surface area contributed by atoms with Gasteiger partial charge in [-0.25, -0.2) is 4.39 Å². The van der Waals surface area contributed by atoms with Crippen molar-refractivity contribution in [3.63, 3.8) is 0 Å². The molecule has 6 nitrogen and oxygen atoms in total. The second-order valence-corrected chi connectivity index (χ2v) is 6.71. The van der Waals surface area contributed by atoms with Crippen LogP contribution in [0, 0.1) is 12.7 Å². The van der Waals surface area contributed by atoms with Gasteiger partial charge in [0.2, 0.25) is 11.8 Å². The molecule has 0 aliphatic carbocycles. The van der Waals surface area contributed by atoms with E-state index in [2.05, 4.69) is 15.5 Å². The Bertz CT molecular complexity index is 928. The zero-order valence-corrected chi connectivity index (χ0v) is 15.7. The number of nitrogens with one attached hydrogen (secondary N) is 1. The van der Waals surface area contributed by atoms with Crippen LogP contribution < -0.4 is 10.1 Å². The van der Waals surface area contributed by atoms with E-state index in [0.29, 0.717) is 28.8 Å². The molecule has 0 spiro atoms. The third-order valence-corrected chi connectivity index (χ3v) is 4.56. The van der Waals surface area contributed by atoms with Gasteiger partial charge in [0.1, 0.15) is 11.6 Å². The summed E-state index contributed by atoms with van der Waals surface area (Å²) in [6.07, 6.45) is 0.492. The molecule has 1 aromatic heterocycles. The number of halogens is 1. The number of aryl methyl sites for hydroxylation is 1. The molecule has 1 N–H and O–H groups in total. The summed E-state index contributed by atoms with van der Waals surface area (Å²) in [5.74, 6) is 0.682. The van der Waals surface area contributed by atoms with E-state index < -0.39 is 0 Å². The van der Waals surface area contributed by atoms with Crippen molar-refractivity contribution in [3.05, 3.63) is 65.3 Å². The number of thioether (sulfide) groups is 1. The Morgan fingerprint density at radius 3 is 2.70 bits per heavy atom. The number of anilines is 1. The normalized spacial score (nSPS) is 10.6. The van der Waals surface area contributed by atoms with E-state index in [1.165, 1.54) is 6.07 Å². The van der Waals surface area contributed by atoms with E-state index in [9.17, 15) is 9.18 Å². The molecule has 0 aliphatic rings. The standard InChI is InChI=1S/C19H18FN3O3S/c1-12-3-6-14(10-16(12)20)21-17(24)11-27-19-23-22-18(26-19)9-13-4-7-15(25-2)8-5-13/h3-8,10H,9,11H2,1-2H3,(H,21,24). The van der Waals surface area contributed by atoms with Crippen LogP contribution in [-0.2, 0) is 11.2 Å². The molecule has 0 unspecified atom stereocenters. The smallest absolute Gasteiger partial charge is 0.277 e. The molecule has 3 rings (SSSR count). The maximum Gasteiger partial charge on any atom is 0.277 e. The van der Waals surface area contributed by atoms with Crippen LogP contribution in [0.15, 0.2) is 52.1 Å². The summed E-state index contributed by atoms with van der Waals surface area (Å²) in [5.41, 5.74) is 1.95. The molecule has 27 heavy (non-hydrogen) atoms. The molecule has 0 bridgehead atoms. The van der Waals surface area contributed by atoms with E-state index in [1.807, 2.05) is 24.3 Å².